The summed E-state index contributed by atoms with van der Waals surface area (Å²) < 4.78 is 41.7. The van der Waals surface area contributed by atoms with Gasteiger partial charge in [0.25, 0.3) is 0 Å². The molecular formula is C68H112ClF3N12O12. The molecule has 2 heterocycles. The van der Waals surface area contributed by atoms with Gasteiger partial charge >= 0.3 is 6.18 Å². The van der Waals surface area contributed by atoms with Gasteiger partial charge in [0.1, 0.15) is 47.8 Å². The molecule has 5 rings (SSSR count). The van der Waals surface area contributed by atoms with Crippen LogP contribution in [-0.2, 0) is 57.5 Å². The Labute approximate surface area is 571 Å². The molecule has 4 N–H and O–H groups in total. The molecule has 0 aromatic rings. The number of carbonyl (C=O) groups excluding carboxylic acids is 12. The second kappa shape index (κ2) is 36.0. The lowest BCUT2D eigenvalue weighted by molar-refractivity contribution is -0.182. The molecule has 0 bridgehead atoms. The van der Waals surface area contributed by atoms with Gasteiger partial charge in [-0.15, -0.1) is 11.6 Å². The molecule has 0 radical (unpaired) electrons. The zero-order valence-corrected chi connectivity index (χ0v) is 60.2. The summed E-state index contributed by atoms with van der Waals surface area (Å²) in [5.41, 5.74) is -1.59. The van der Waals surface area contributed by atoms with E-state index in [4.69, 9.17) is 11.6 Å². The van der Waals surface area contributed by atoms with E-state index < -0.39 is 174 Å². The van der Waals surface area contributed by atoms with Crippen molar-refractivity contribution in [2.24, 2.45) is 35.5 Å². The summed E-state index contributed by atoms with van der Waals surface area (Å²) in [6.07, 6.45) is 3.47. The highest BCUT2D eigenvalue weighted by atomic mass is 35.5. The maximum Gasteiger partial charge on any atom is 0.393 e. The predicted octanol–water partition coefficient (Wildman–Crippen LogP) is 5.07. The number of likely N-dealkylation sites (tertiary alicyclic amines) is 1. The Hall–Kier alpha value is -6.28. The summed E-state index contributed by atoms with van der Waals surface area (Å²) in [5.74, 6) is -11.4. The Morgan fingerprint density at radius 3 is 1.76 bits per heavy atom. The molecule has 1 spiro atoms. The van der Waals surface area contributed by atoms with Crippen LogP contribution in [0.5, 0.6) is 0 Å². The minimum absolute atomic E-state index is 0.0172. The van der Waals surface area contributed by atoms with Crippen molar-refractivity contribution in [3.63, 3.8) is 0 Å². The van der Waals surface area contributed by atoms with Crippen molar-refractivity contribution in [2.45, 2.75) is 243 Å². The van der Waals surface area contributed by atoms with Gasteiger partial charge in [0.2, 0.25) is 70.9 Å². The fraction of sp³-hybridized carbons (Fsp3) is 0.824. The SMILES string of the molecule is CC[C@H](C)[C@@H]1NC(=O)[C@H](CC(C)C)N(C)C(=O)C[C@@H](C(=O)N2CCCCC2)N(C)C(=O)[C@H](C(C)C)N(C)C(=O)C2(CCCC2)NC(=O)[C@H](C)NC(=O)[C@H](CCC2CCC(C(F)(F)F)C(Cl)C2)NC(=O)CN(C)C(=O)[C@H](CC2CCCCC2)N(C)C(=O)CN(C)C(=O)CN(C)C1=O. The number of amides is 12. The smallest absolute Gasteiger partial charge is 0.343 e. The van der Waals surface area contributed by atoms with E-state index in [-0.39, 0.29) is 75.5 Å². The van der Waals surface area contributed by atoms with Crippen molar-refractivity contribution in [1.82, 2.24) is 60.5 Å². The van der Waals surface area contributed by atoms with Crippen molar-refractivity contribution < 1.29 is 70.7 Å². The average Bonchev–Trinajstić information content (AvgIpc) is 1.43. The number of carbonyl (C=O) groups is 12. The molecule has 3 unspecified atom stereocenters. The Balaban J connectivity index is 1.57. The zero-order valence-electron chi connectivity index (χ0n) is 59.5. The molecule has 2 aliphatic heterocycles. The van der Waals surface area contributed by atoms with Crippen LogP contribution in [0, 0.1) is 35.5 Å². The van der Waals surface area contributed by atoms with Crippen LogP contribution in [0.3, 0.4) is 0 Å². The molecule has 3 saturated carbocycles. The van der Waals surface area contributed by atoms with Crippen molar-refractivity contribution in [3.8, 4) is 0 Å². The van der Waals surface area contributed by atoms with E-state index >= 15 is 9.59 Å². The van der Waals surface area contributed by atoms with E-state index in [0.29, 0.717) is 45.2 Å². The topological polar surface area (TPSA) is 279 Å². The highest BCUT2D eigenvalue weighted by Crippen LogP contribution is 2.44. The highest BCUT2D eigenvalue weighted by molar-refractivity contribution is 6.20. The van der Waals surface area contributed by atoms with Gasteiger partial charge in [0.05, 0.1) is 32.0 Å². The fourth-order valence-corrected chi connectivity index (χ4v) is 15.0. The van der Waals surface area contributed by atoms with E-state index in [1.165, 1.54) is 75.9 Å². The fourth-order valence-electron chi connectivity index (χ4n) is 14.5. The van der Waals surface area contributed by atoms with E-state index in [9.17, 15) is 61.1 Å². The quantitative estimate of drug-likeness (QED) is 0.197. The van der Waals surface area contributed by atoms with Crippen LogP contribution < -0.4 is 21.3 Å². The van der Waals surface area contributed by atoms with Gasteiger partial charge in [-0.1, -0.05) is 92.9 Å². The van der Waals surface area contributed by atoms with Gasteiger partial charge in [-0.3, -0.25) is 57.5 Å². The van der Waals surface area contributed by atoms with Crippen LogP contribution in [0.4, 0.5) is 13.2 Å². The normalized spacial score (nSPS) is 29.1. The second-order valence-corrected chi connectivity index (χ2v) is 29.7. The monoisotopic (exact) mass is 1380 g/mol. The number of nitrogens with zero attached hydrogens (tertiary/aromatic N) is 8. The molecule has 96 heavy (non-hydrogen) atoms. The summed E-state index contributed by atoms with van der Waals surface area (Å²) in [6, 6.07) is -8.94. The number of hydrogen-bond donors (Lipinski definition) is 4. The highest BCUT2D eigenvalue weighted by Gasteiger charge is 2.50. The van der Waals surface area contributed by atoms with Crippen LogP contribution >= 0.6 is 11.6 Å². The molecule has 0 aromatic carbocycles. The number of piperidine rings is 1. The molecule has 12 amide bonds. The first kappa shape index (κ1) is 80.4. The molecule has 5 fully saturated rings. The van der Waals surface area contributed by atoms with E-state index in [0.717, 1.165) is 53.2 Å². The number of hydrogen-bond acceptors (Lipinski definition) is 12. The van der Waals surface area contributed by atoms with E-state index in [1.54, 1.807) is 25.7 Å². The Kier molecular flexibility index (Phi) is 30.1. The average molecular weight is 1380 g/mol. The van der Waals surface area contributed by atoms with Crippen LogP contribution in [0.15, 0.2) is 0 Å². The zero-order chi connectivity index (χ0) is 71.8. The summed E-state index contributed by atoms with van der Waals surface area (Å²) in [7, 11) is 9.82. The second-order valence-electron chi connectivity index (χ2n) is 29.1. The largest absolute Gasteiger partial charge is 0.393 e. The molecule has 0 aromatic heterocycles. The Morgan fingerprint density at radius 1 is 0.604 bits per heavy atom. The lowest BCUT2D eigenvalue weighted by Gasteiger charge is -2.41. The number of nitrogens with one attached hydrogen (secondary N) is 4. The number of alkyl halides is 4. The first-order valence-corrected chi connectivity index (χ1v) is 35.4. The molecule has 5 aliphatic rings. The predicted molar refractivity (Wildman–Crippen MR) is 356 cm³/mol. The third kappa shape index (κ3) is 21.4. The van der Waals surface area contributed by atoms with Crippen molar-refractivity contribution in [1.29, 1.82) is 0 Å². The lowest BCUT2D eigenvalue weighted by Crippen LogP contribution is -2.65. The Bertz CT molecular complexity index is 2740. The van der Waals surface area contributed by atoms with Crippen molar-refractivity contribution >= 4 is 82.5 Å². The molecular weight excluding hydrogens is 1270 g/mol. The van der Waals surface area contributed by atoms with Gasteiger partial charge in [0, 0.05) is 67.8 Å². The van der Waals surface area contributed by atoms with Crippen LogP contribution in [0.25, 0.3) is 0 Å². The van der Waals surface area contributed by atoms with Crippen molar-refractivity contribution in [3.05, 3.63) is 0 Å². The lowest BCUT2D eigenvalue weighted by atomic mass is 9.79. The molecule has 28 heteroatoms. The standard InChI is InChI=1S/C68H112ClF3N12O12/c1-15-43(6)57-64(94)79(10)39-55(87)77(8)40-56(88)81(12)51(36-45-24-18-16-19-25-45)62(92)78(9)38-53(85)74-49(29-27-46-26-28-47(48(69)35-46)68(70,71)72)60(90)73-44(7)59(89)76-67(30-20-21-31-67)66(96)83(14)58(42(4)5)65(95)82(13)52(63(93)84-32-22-17-23-33-84)37-54(86)80(11)50(34-41(2)3)61(91)75-57/h41-52,57-58H,15-40H2,1-14H3,(H,73,90)(H,74,85)(H,75,91)(H,76,89)/t43-,44-,46?,47?,48?,49-,50-,51-,52-,57-,58-/m0/s1. The van der Waals surface area contributed by atoms with Gasteiger partial charge in [0.15, 0.2) is 0 Å². The number of rotatable bonds is 11. The Morgan fingerprint density at radius 2 is 1.19 bits per heavy atom. The molecule has 11 atom stereocenters. The van der Waals surface area contributed by atoms with Gasteiger partial charge in [-0.05, 0) is 114 Å². The van der Waals surface area contributed by atoms with Gasteiger partial charge in [-0.25, -0.2) is 0 Å². The van der Waals surface area contributed by atoms with Crippen LogP contribution in [0.2, 0.25) is 0 Å². The van der Waals surface area contributed by atoms with Crippen LogP contribution in [0.1, 0.15) is 183 Å². The third-order valence-corrected chi connectivity index (χ3v) is 21.4. The van der Waals surface area contributed by atoms with Crippen LogP contribution in [-0.4, -0.2) is 252 Å². The minimum atomic E-state index is -4.51. The maximum absolute atomic E-state index is 15.3. The van der Waals surface area contributed by atoms with Crippen molar-refractivity contribution in [2.75, 3.05) is 82.1 Å². The summed E-state index contributed by atoms with van der Waals surface area (Å²) >= 11 is 6.33. The number of halogens is 4. The third-order valence-electron chi connectivity index (χ3n) is 20.9. The van der Waals surface area contributed by atoms with E-state index in [2.05, 4.69) is 21.3 Å². The first-order chi connectivity index (χ1) is 44.9. The molecule has 24 nitrogen and oxygen atoms in total. The first-order valence-electron chi connectivity index (χ1n) is 35.0. The van der Waals surface area contributed by atoms with Gasteiger partial charge in [-0.2, -0.15) is 13.2 Å². The minimum Gasteiger partial charge on any atom is -0.343 e. The van der Waals surface area contributed by atoms with E-state index in [1.807, 2.05) is 20.8 Å². The number of likely N-dealkylation sites (N-methyl/N-ethyl adjacent to an activating group) is 7. The molecule has 3 aliphatic carbocycles. The molecule has 2 saturated heterocycles. The summed E-state index contributed by atoms with van der Waals surface area (Å²) in [6.45, 7) is 11.2. The van der Waals surface area contributed by atoms with Gasteiger partial charge < -0.3 is 60.5 Å². The molecule has 544 valence electrons. The maximum atomic E-state index is 15.3. The summed E-state index contributed by atoms with van der Waals surface area (Å²) in [4.78, 5) is 186. The summed E-state index contributed by atoms with van der Waals surface area (Å²) in [5, 5.41) is 9.94.